The van der Waals surface area contributed by atoms with Gasteiger partial charge in [-0.05, 0) is 38.6 Å². The van der Waals surface area contributed by atoms with Gasteiger partial charge in [-0.25, -0.2) is 0 Å². The highest BCUT2D eigenvalue weighted by Crippen LogP contribution is 2.36. The Labute approximate surface area is 97.2 Å². The molecule has 2 unspecified atom stereocenters. The van der Waals surface area contributed by atoms with Crippen molar-refractivity contribution < 1.29 is 0 Å². The van der Waals surface area contributed by atoms with E-state index in [1.54, 1.807) is 0 Å². The van der Waals surface area contributed by atoms with Crippen molar-refractivity contribution in [2.45, 2.75) is 78.8 Å². The molecule has 0 aliphatic carbocycles. The summed E-state index contributed by atoms with van der Waals surface area (Å²) >= 11 is 0. The first-order valence-corrected chi connectivity index (χ1v) is 6.90. The van der Waals surface area contributed by atoms with Crippen LogP contribution >= 0.6 is 0 Å². The summed E-state index contributed by atoms with van der Waals surface area (Å²) in [6.45, 7) is 10.7. The van der Waals surface area contributed by atoms with Crippen LogP contribution in [0.4, 0.5) is 0 Å². The summed E-state index contributed by atoms with van der Waals surface area (Å²) in [5.74, 6) is 0.994. The first kappa shape index (κ1) is 15.0. The molecule has 0 N–H and O–H groups in total. The third kappa shape index (κ3) is 4.55. The highest BCUT2D eigenvalue weighted by molar-refractivity contribution is 4.91. The first-order chi connectivity index (χ1) is 7.19. The highest BCUT2D eigenvalue weighted by atomic mass is 15.2. The van der Waals surface area contributed by atoms with E-state index in [1.807, 2.05) is 13.8 Å². The molecule has 0 radical (unpaired) electrons. The number of hydrogen-bond acceptors (Lipinski definition) is 1. The van der Waals surface area contributed by atoms with Crippen LogP contribution < -0.4 is 0 Å². The molecule has 2 atom stereocenters. The second kappa shape index (κ2) is 8.15. The van der Waals surface area contributed by atoms with Gasteiger partial charge in [0.2, 0.25) is 0 Å². The zero-order valence-electron chi connectivity index (χ0n) is 11.7. The number of piperidine rings is 1. The van der Waals surface area contributed by atoms with E-state index in [9.17, 15) is 0 Å². The third-order valence-electron chi connectivity index (χ3n) is 3.33. The van der Waals surface area contributed by atoms with Gasteiger partial charge in [0, 0.05) is 12.1 Å². The van der Waals surface area contributed by atoms with Crippen LogP contribution in [-0.2, 0) is 0 Å². The Hall–Kier alpha value is -0.0400. The summed E-state index contributed by atoms with van der Waals surface area (Å²) in [4.78, 5) is 2.60. The van der Waals surface area contributed by atoms with Crippen molar-refractivity contribution in [1.29, 1.82) is 0 Å². The van der Waals surface area contributed by atoms with E-state index in [4.69, 9.17) is 0 Å². The van der Waals surface area contributed by atoms with Crippen molar-refractivity contribution in [2.75, 3.05) is 7.05 Å². The molecular weight excluding hydrogens is 182 g/mol. The fourth-order valence-electron chi connectivity index (χ4n) is 2.68. The van der Waals surface area contributed by atoms with Crippen LogP contribution in [0.2, 0.25) is 0 Å². The summed E-state index contributed by atoms with van der Waals surface area (Å²) in [5.41, 5.74) is 0. The Morgan fingerprint density at radius 2 is 1.33 bits per heavy atom. The van der Waals surface area contributed by atoms with Crippen molar-refractivity contribution in [1.82, 2.24) is 4.90 Å². The molecule has 2 bridgehead atoms. The van der Waals surface area contributed by atoms with Crippen molar-refractivity contribution in [3.8, 4) is 0 Å². The number of fused-ring (bicyclic) bond motifs is 2. The second-order valence-electron chi connectivity index (χ2n) is 4.83. The molecule has 1 nitrogen and oxygen atoms in total. The van der Waals surface area contributed by atoms with Crippen molar-refractivity contribution in [3.63, 3.8) is 0 Å². The van der Waals surface area contributed by atoms with Crippen LogP contribution in [0.25, 0.3) is 0 Å². The average molecular weight is 213 g/mol. The topological polar surface area (TPSA) is 3.24 Å². The van der Waals surface area contributed by atoms with E-state index in [-0.39, 0.29) is 0 Å². The first-order valence-electron chi connectivity index (χ1n) is 6.90. The second-order valence-corrected chi connectivity index (χ2v) is 4.83. The van der Waals surface area contributed by atoms with Crippen molar-refractivity contribution >= 4 is 0 Å². The molecule has 0 aromatic carbocycles. The van der Waals surface area contributed by atoms with Crippen LogP contribution in [0, 0.1) is 5.92 Å². The molecule has 2 rings (SSSR count). The van der Waals surface area contributed by atoms with Gasteiger partial charge >= 0.3 is 0 Å². The largest absolute Gasteiger partial charge is 0.300 e. The maximum atomic E-state index is 2.60. The minimum absolute atomic E-state index is 0.939. The Bertz CT molecular complexity index is 130. The van der Waals surface area contributed by atoms with E-state index < -0.39 is 0 Å². The SMILES string of the molecule is CC.CC1CC2CCC(C1)N2C.CCC. The fourth-order valence-corrected chi connectivity index (χ4v) is 2.68. The van der Waals surface area contributed by atoms with E-state index >= 15 is 0 Å². The lowest BCUT2D eigenvalue weighted by Gasteiger charge is -2.34. The molecule has 0 saturated carbocycles. The third-order valence-corrected chi connectivity index (χ3v) is 3.33. The lowest BCUT2D eigenvalue weighted by molar-refractivity contribution is 0.142. The predicted octanol–water partition coefficient (Wildman–Crippen LogP) is 4.32. The molecule has 0 amide bonds. The molecule has 1 heteroatoms. The molecule has 2 saturated heterocycles. The molecule has 2 heterocycles. The van der Waals surface area contributed by atoms with Gasteiger partial charge in [-0.1, -0.05) is 41.0 Å². The van der Waals surface area contributed by atoms with Crippen LogP contribution in [0.15, 0.2) is 0 Å². The van der Waals surface area contributed by atoms with E-state index in [0.717, 1.165) is 18.0 Å². The molecule has 2 aliphatic rings. The van der Waals surface area contributed by atoms with Crippen LogP contribution in [0.5, 0.6) is 0 Å². The lowest BCUT2D eigenvalue weighted by atomic mass is 9.93. The van der Waals surface area contributed by atoms with Crippen molar-refractivity contribution in [3.05, 3.63) is 0 Å². The molecule has 0 spiro atoms. The smallest absolute Gasteiger partial charge is 0.00982 e. The lowest BCUT2D eigenvalue weighted by Crippen LogP contribution is -2.39. The summed E-state index contributed by atoms with van der Waals surface area (Å²) in [6.07, 6.45) is 7.08. The minimum Gasteiger partial charge on any atom is -0.300 e. The van der Waals surface area contributed by atoms with E-state index in [2.05, 4.69) is 32.7 Å². The Kier molecular flexibility index (Phi) is 8.13. The number of rotatable bonds is 0. The normalized spacial score (nSPS) is 33.6. The maximum Gasteiger partial charge on any atom is 0.00982 e. The monoisotopic (exact) mass is 213 g/mol. The Balaban J connectivity index is 0.000000342. The van der Waals surface area contributed by atoms with Crippen molar-refractivity contribution in [2.24, 2.45) is 5.92 Å². The molecule has 92 valence electrons. The summed E-state index contributed by atoms with van der Waals surface area (Å²) < 4.78 is 0. The van der Waals surface area contributed by atoms with Gasteiger partial charge in [0.25, 0.3) is 0 Å². The molecule has 2 fully saturated rings. The molecular formula is C14H31N. The van der Waals surface area contributed by atoms with Gasteiger partial charge in [-0.15, -0.1) is 0 Å². The fraction of sp³-hybridized carbons (Fsp3) is 1.00. The van der Waals surface area contributed by atoms with Crippen LogP contribution in [0.1, 0.15) is 66.7 Å². The standard InChI is InChI=1S/C9H17N.C3H8.C2H6/c1-7-5-8-3-4-9(6-7)10(8)2;1-3-2;1-2/h7-9H,3-6H2,1-2H3;3H2,1-2H3;1-2H3. The highest BCUT2D eigenvalue weighted by Gasteiger charge is 2.36. The van der Waals surface area contributed by atoms with E-state index in [0.29, 0.717) is 0 Å². The van der Waals surface area contributed by atoms with Gasteiger partial charge in [0.05, 0.1) is 0 Å². The Morgan fingerprint density at radius 3 is 1.67 bits per heavy atom. The summed E-state index contributed by atoms with van der Waals surface area (Å²) in [7, 11) is 2.30. The number of hydrogen-bond donors (Lipinski definition) is 0. The molecule has 2 aliphatic heterocycles. The number of nitrogens with zero attached hydrogens (tertiary/aromatic N) is 1. The van der Waals surface area contributed by atoms with E-state index in [1.165, 1.54) is 32.1 Å². The van der Waals surface area contributed by atoms with Gasteiger partial charge in [-0.3, -0.25) is 0 Å². The van der Waals surface area contributed by atoms with Crippen LogP contribution in [0.3, 0.4) is 0 Å². The maximum absolute atomic E-state index is 2.60. The van der Waals surface area contributed by atoms with Gasteiger partial charge in [-0.2, -0.15) is 0 Å². The van der Waals surface area contributed by atoms with Gasteiger partial charge in [0.15, 0.2) is 0 Å². The molecule has 15 heavy (non-hydrogen) atoms. The van der Waals surface area contributed by atoms with Crippen LogP contribution in [-0.4, -0.2) is 24.0 Å². The molecule has 0 aromatic heterocycles. The predicted molar refractivity (Wildman–Crippen MR) is 70.3 cm³/mol. The minimum atomic E-state index is 0.939. The quantitative estimate of drug-likeness (QED) is 0.579. The van der Waals surface area contributed by atoms with Gasteiger partial charge in [0.1, 0.15) is 0 Å². The zero-order chi connectivity index (χ0) is 11.8. The van der Waals surface area contributed by atoms with Gasteiger partial charge < -0.3 is 4.90 Å². The summed E-state index contributed by atoms with van der Waals surface area (Å²) in [5, 5.41) is 0. The molecule has 0 aromatic rings. The Morgan fingerprint density at radius 1 is 1.00 bits per heavy atom. The zero-order valence-corrected chi connectivity index (χ0v) is 11.7. The summed E-state index contributed by atoms with van der Waals surface area (Å²) in [6, 6.07) is 1.88. The average Bonchev–Trinajstić information content (AvgIpc) is 2.46.